The van der Waals surface area contributed by atoms with Crippen molar-refractivity contribution in [3.05, 3.63) is 59.2 Å². The van der Waals surface area contributed by atoms with Crippen molar-refractivity contribution in [2.45, 2.75) is 13.2 Å². The van der Waals surface area contributed by atoms with Gasteiger partial charge >= 0.3 is 19.2 Å². The lowest BCUT2D eigenvalue weighted by molar-refractivity contribution is -0.111. The maximum absolute atomic E-state index is 13.9. The number of methoxy groups -OCH3 is 1. The number of nitrogens with one attached hydrogen (secondary N) is 1. The van der Waals surface area contributed by atoms with Crippen LogP contribution in [0, 0.1) is 11.6 Å². The van der Waals surface area contributed by atoms with Gasteiger partial charge in [0.25, 0.3) is 0 Å². The molecule has 2 aromatic rings. The van der Waals surface area contributed by atoms with Crippen LogP contribution in [0.1, 0.15) is 15.9 Å². The lowest BCUT2D eigenvalue weighted by Crippen LogP contribution is -2.12. The lowest BCUT2D eigenvalue weighted by atomic mass is 10.1. The average Bonchev–Trinajstić information content (AvgIpc) is 2.68. The van der Waals surface area contributed by atoms with Crippen molar-refractivity contribution in [3.8, 4) is 11.5 Å². The molecule has 12 heteroatoms. The van der Waals surface area contributed by atoms with E-state index in [-0.39, 0.29) is 5.56 Å². The van der Waals surface area contributed by atoms with E-state index in [1.165, 1.54) is 0 Å². The van der Waals surface area contributed by atoms with Crippen LogP contribution in [0.5, 0.6) is 11.5 Å². The maximum atomic E-state index is 13.9. The van der Waals surface area contributed by atoms with Gasteiger partial charge in [-0.15, -0.1) is 0 Å². The predicted molar refractivity (Wildman–Crippen MR) is 95.1 cm³/mol. The second-order valence-corrected chi connectivity index (χ2v) is 5.58. The van der Waals surface area contributed by atoms with E-state index in [9.17, 15) is 35.9 Å². The maximum Gasteiger partial charge on any atom is 0.387 e. The first kappa shape index (κ1) is 23.6. The van der Waals surface area contributed by atoms with E-state index in [2.05, 4.69) is 14.2 Å². The van der Waals surface area contributed by atoms with Crippen molar-refractivity contribution in [3.63, 3.8) is 0 Å². The number of halogens is 6. The Hall–Kier alpha value is -3.70. The summed E-state index contributed by atoms with van der Waals surface area (Å²) in [5.74, 6) is -5.53. The van der Waals surface area contributed by atoms with Crippen molar-refractivity contribution in [2.24, 2.45) is 0 Å². The summed E-state index contributed by atoms with van der Waals surface area (Å²) in [6.07, 6.45) is 1.75. The summed E-state index contributed by atoms with van der Waals surface area (Å²) in [7, 11) is 0.975. The predicted octanol–water partition coefficient (Wildman–Crippen LogP) is 4.61. The van der Waals surface area contributed by atoms with Gasteiger partial charge in [-0.1, -0.05) is 0 Å². The highest BCUT2D eigenvalue weighted by molar-refractivity contribution is 6.03. The van der Waals surface area contributed by atoms with Gasteiger partial charge in [0, 0.05) is 23.8 Å². The zero-order valence-electron chi connectivity index (χ0n) is 15.5. The molecule has 0 aliphatic heterocycles. The monoisotopic (exact) mass is 449 g/mol. The number of carbonyl (C=O) groups excluding carboxylic acids is 2. The molecule has 0 atom stereocenters. The molecule has 0 spiro atoms. The van der Waals surface area contributed by atoms with Gasteiger partial charge in [0.05, 0.1) is 18.4 Å². The third-order valence-electron chi connectivity index (χ3n) is 3.56. The molecular weight excluding hydrogens is 436 g/mol. The third-order valence-corrected chi connectivity index (χ3v) is 3.56. The molecule has 2 aromatic carbocycles. The van der Waals surface area contributed by atoms with Gasteiger partial charge in [-0.25, -0.2) is 13.6 Å². The normalized spacial score (nSPS) is 11.1. The molecule has 0 radical (unpaired) electrons. The highest BCUT2D eigenvalue weighted by atomic mass is 19.3. The van der Waals surface area contributed by atoms with Crippen molar-refractivity contribution in [2.75, 3.05) is 12.4 Å². The molecule has 0 bridgehead atoms. The van der Waals surface area contributed by atoms with E-state index in [0.717, 1.165) is 37.5 Å². The van der Waals surface area contributed by atoms with Crippen LogP contribution in [0.2, 0.25) is 0 Å². The standard InChI is InChI=1S/C19H13F6NO5/c1-29-17(28)11-7-14(13(21)8-12(11)20)26-16(27)5-3-9-2-4-10(30-18(22)23)6-15(9)31-19(24)25/h2-8,18-19H,1H3,(H,26,27)/b5-3+. The Labute approximate surface area is 171 Å². The molecule has 6 nitrogen and oxygen atoms in total. The topological polar surface area (TPSA) is 73.9 Å². The number of esters is 1. The summed E-state index contributed by atoms with van der Waals surface area (Å²) in [6.45, 7) is -6.50. The number of hydrogen-bond donors (Lipinski definition) is 1. The minimum absolute atomic E-state index is 0.119. The van der Waals surface area contributed by atoms with E-state index >= 15 is 0 Å². The van der Waals surface area contributed by atoms with Gasteiger partial charge in [0.2, 0.25) is 5.91 Å². The van der Waals surface area contributed by atoms with Gasteiger partial charge in [-0.3, -0.25) is 4.79 Å². The first-order chi connectivity index (χ1) is 14.6. The minimum atomic E-state index is -3.30. The van der Waals surface area contributed by atoms with Crippen molar-refractivity contribution in [1.82, 2.24) is 0 Å². The van der Waals surface area contributed by atoms with Crippen LogP contribution in [-0.2, 0) is 9.53 Å². The molecule has 0 fully saturated rings. The zero-order valence-corrected chi connectivity index (χ0v) is 15.5. The highest BCUT2D eigenvalue weighted by Gasteiger charge is 2.18. The summed E-state index contributed by atoms with van der Waals surface area (Å²) in [6, 6.07) is 3.92. The second-order valence-electron chi connectivity index (χ2n) is 5.58. The highest BCUT2D eigenvalue weighted by Crippen LogP contribution is 2.28. The Morgan fingerprint density at radius 2 is 1.65 bits per heavy atom. The van der Waals surface area contributed by atoms with Crippen molar-refractivity contribution in [1.29, 1.82) is 0 Å². The number of alkyl halides is 4. The Morgan fingerprint density at radius 3 is 2.26 bits per heavy atom. The minimum Gasteiger partial charge on any atom is -0.465 e. The summed E-state index contributed by atoms with van der Waals surface area (Å²) in [5.41, 5.74) is -1.31. The Morgan fingerprint density at radius 1 is 0.968 bits per heavy atom. The van der Waals surface area contributed by atoms with Crippen LogP contribution in [-0.4, -0.2) is 32.2 Å². The van der Waals surface area contributed by atoms with Gasteiger partial charge in [-0.05, 0) is 24.3 Å². The van der Waals surface area contributed by atoms with Crippen LogP contribution in [0.15, 0.2) is 36.4 Å². The van der Waals surface area contributed by atoms with E-state index < -0.39 is 59.5 Å². The molecule has 1 amide bonds. The van der Waals surface area contributed by atoms with Gasteiger partial charge in [-0.2, -0.15) is 17.6 Å². The molecule has 0 aliphatic rings. The largest absolute Gasteiger partial charge is 0.465 e. The van der Waals surface area contributed by atoms with E-state index in [1.54, 1.807) is 0 Å². The van der Waals surface area contributed by atoms with Crippen LogP contribution in [0.25, 0.3) is 6.08 Å². The fourth-order valence-corrected chi connectivity index (χ4v) is 2.28. The fourth-order valence-electron chi connectivity index (χ4n) is 2.28. The molecule has 2 rings (SSSR count). The third kappa shape index (κ3) is 6.66. The van der Waals surface area contributed by atoms with Crippen LogP contribution < -0.4 is 14.8 Å². The van der Waals surface area contributed by atoms with Gasteiger partial charge in [0.1, 0.15) is 23.1 Å². The second kappa shape index (κ2) is 10.4. The molecule has 0 aliphatic carbocycles. The molecule has 0 heterocycles. The Kier molecular flexibility index (Phi) is 7.88. The average molecular weight is 449 g/mol. The number of rotatable bonds is 8. The molecule has 0 unspecified atom stereocenters. The molecule has 0 aromatic heterocycles. The lowest BCUT2D eigenvalue weighted by Gasteiger charge is -2.11. The number of ether oxygens (including phenoxy) is 3. The first-order valence-corrected chi connectivity index (χ1v) is 8.20. The van der Waals surface area contributed by atoms with E-state index in [1.807, 2.05) is 5.32 Å². The van der Waals surface area contributed by atoms with Gasteiger partial charge < -0.3 is 19.5 Å². The smallest absolute Gasteiger partial charge is 0.387 e. The number of amides is 1. The quantitative estimate of drug-likeness (QED) is 0.362. The Balaban J connectivity index is 2.24. The SMILES string of the molecule is COC(=O)c1cc(NC(=O)/C=C/c2ccc(OC(F)F)cc2OC(F)F)c(F)cc1F. The fraction of sp³-hybridized carbons (Fsp3) is 0.158. The molecular formula is C19H13F6NO5. The van der Waals surface area contributed by atoms with E-state index in [0.29, 0.717) is 12.1 Å². The molecule has 0 saturated heterocycles. The number of anilines is 1. The van der Waals surface area contributed by atoms with Crippen molar-refractivity contribution >= 4 is 23.6 Å². The summed E-state index contributed by atoms with van der Waals surface area (Å²) in [5, 5.41) is 2.04. The first-order valence-electron chi connectivity index (χ1n) is 8.20. The number of benzene rings is 2. The number of hydrogen-bond acceptors (Lipinski definition) is 5. The molecule has 166 valence electrons. The van der Waals surface area contributed by atoms with Crippen molar-refractivity contribution < 1.29 is 50.1 Å². The van der Waals surface area contributed by atoms with Crippen LogP contribution in [0.4, 0.5) is 32.0 Å². The Bertz CT molecular complexity index is 996. The number of carbonyl (C=O) groups is 2. The van der Waals surface area contributed by atoms with E-state index in [4.69, 9.17) is 0 Å². The zero-order chi connectivity index (χ0) is 23.1. The summed E-state index contributed by atoms with van der Waals surface area (Å²) < 4.78 is 89.8. The summed E-state index contributed by atoms with van der Waals surface area (Å²) >= 11 is 0. The van der Waals surface area contributed by atoms with Crippen LogP contribution >= 0.6 is 0 Å². The summed E-state index contributed by atoms with van der Waals surface area (Å²) in [4.78, 5) is 23.5. The van der Waals surface area contributed by atoms with Crippen LogP contribution in [0.3, 0.4) is 0 Å². The molecule has 0 saturated carbocycles. The molecule has 31 heavy (non-hydrogen) atoms. The van der Waals surface area contributed by atoms with Gasteiger partial charge in [0.15, 0.2) is 0 Å². The molecule has 1 N–H and O–H groups in total.